The highest BCUT2D eigenvalue weighted by molar-refractivity contribution is 6.04. The molecule has 1 aliphatic rings. The molecule has 0 spiro atoms. The molecule has 140 valence electrons. The Balaban J connectivity index is 1.97. The molecule has 1 fully saturated rings. The lowest BCUT2D eigenvalue weighted by Crippen LogP contribution is -2.46. The van der Waals surface area contributed by atoms with E-state index in [0.717, 1.165) is 12.8 Å². The summed E-state index contributed by atoms with van der Waals surface area (Å²) in [6, 6.07) is 7.40. The molecule has 1 saturated carbocycles. The quantitative estimate of drug-likeness (QED) is 0.911. The van der Waals surface area contributed by atoms with Crippen molar-refractivity contribution in [3.63, 3.8) is 0 Å². The molecule has 5 heteroatoms. The van der Waals surface area contributed by atoms with Crippen molar-refractivity contribution in [2.45, 2.75) is 59.5 Å². The van der Waals surface area contributed by atoms with Gasteiger partial charge in [0.25, 0.3) is 11.5 Å². The molecule has 3 atom stereocenters. The van der Waals surface area contributed by atoms with E-state index in [1.165, 1.54) is 11.1 Å². The van der Waals surface area contributed by atoms with Crippen LogP contribution in [-0.2, 0) is 6.54 Å². The Morgan fingerprint density at radius 2 is 1.96 bits per heavy atom. The minimum atomic E-state index is -0.173. The Hall–Kier alpha value is -2.17. The average Bonchev–Trinajstić information content (AvgIpc) is 2.62. The van der Waals surface area contributed by atoms with Gasteiger partial charge in [-0.3, -0.25) is 9.59 Å². The monoisotopic (exact) mass is 355 g/mol. The van der Waals surface area contributed by atoms with Crippen molar-refractivity contribution in [3.05, 3.63) is 40.3 Å². The van der Waals surface area contributed by atoms with E-state index in [2.05, 4.69) is 31.2 Å². The first-order valence-corrected chi connectivity index (χ1v) is 9.73. The molecule has 3 rings (SSSR count). The van der Waals surface area contributed by atoms with Gasteiger partial charge in [0, 0.05) is 18.0 Å². The first-order valence-electron chi connectivity index (χ1n) is 9.73. The average molecular weight is 355 g/mol. The van der Waals surface area contributed by atoms with Crippen molar-refractivity contribution in [2.24, 2.45) is 17.8 Å². The number of nitrogens with one attached hydrogen (secondary N) is 1. The Bertz CT molecular complexity index is 856. The van der Waals surface area contributed by atoms with Crippen molar-refractivity contribution >= 4 is 16.7 Å². The second kappa shape index (κ2) is 7.60. The van der Waals surface area contributed by atoms with E-state index < -0.39 is 0 Å². The zero-order valence-corrected chi connectivity index (χ0v) is 16.2. The molecule has 26 heavy (non-hydrogen) atoms. The normalized spacial score (nSPS) is 23.3. The largest absolute Gasteiger partial charge is 0.348 e. The summed E-state index contributed by atoms with van der Waals surface area (Å²) in [7, 11) is 0. The third kappa shape index (κ3) is 3.53. The van der Waals surface area contributed by atoms with Crippen molar-refractivity contribution < 1.29 is 4.79 Å². The lowest BCUT2D eigenvalue weighted by atomic mass is 9.74. The van der Waals surface area contributed by atoms with Gasteiger partial charge < -0.3 is 5.32 Å². The fourth-order valence-electron chi connectivity index (χ4n) is 4.22. The summed E-state index contributed by atoms with van der Waals surface area (Å²) in [6.07, 6.45) is 3.36. The number of fused-ring (bicyclic) bond motifs is 1. The van der Waals surface area contributed by atoms with Crippen LogP contribution in [0.5, 0.6) is 0 Å². The Morgan fingerprint density at radius 1 is 1.27 bits per heavy atom. The highest BCUT2D eigenvalue weighted by Gasteiger charge is 2.32. The first kappa shape index (κ1) is 18.6. The van der Waals surface area contributed by atoms with Crippen LogP contribution >= 0.6 is 0 Å². The third-order valence-corrected chi connectivity index (χ3v) is 5.72. The molecule has 1 aromatic heterocycles. The van der Waals surface area contributed by atoms with E-state index in [-0.39, 0.29) is 17.5 Å². The number of hydrogen-bond donors (Lipinski definition) is 1. The number of nitrogens with zero attached hydrogens (tertiary/aromatic N) is 2. The third-order valence-electron chi connectivity index (χ3n) is 5.72. The predicted molar refractivity (Wildman–Crippen MR) is 104 cm³/mol. The topological polar surface area (TPSA) is 64.0 Å². The van der Waals surface area contributed by atoms with Crippen molar-refractivity contribution in [1.82, 2.24) is 15.1 Å². The maximum absolute atomic E-state index is 13.1. The summed E-state index contributed by atoms with van der Waals surface area (Å²) in [5.41, 5.74) is 0.203. The summed E-state index contributed by atoms with van der Waals surface area (Å²) in [5, 5.41) is 8.79. The molecule has 3 unspecified atom stereocenters. The van der Waals surface area contributed by atoms with Crippen LogP contribution in [0.2, 0.25) is 0 Å². The molecule has 0 aliphatic heterocycles. The minimum Gasteiger partial charge on any atom is -0.348 e. The van der Waals surface area contributed by atoms with Gasteiger partial charge in [-0.15, -0.1) is 0 Å². The first-order chi connectivity index (χ1) is 12.4. The number of amides is 1. The number of rotatable bonds is 4. The Kier molecular flexibility index (Phi) is 5.44. The van der Waals surface area contributed by atoms with Gasteiger partial charge in [0.05, 0.1) is 5.39 Å². The van der Waals surface area contributed by atoms with E-state index in [0.29, 0.717) is 40.8 Å². The van der Waals surface area contributed by atoms with Gasteiger partial charge in [0.2, 0.25) is 0 Å². The molecule has 1 amide bonds. The van der Waals surface area contributed by atoms with E-state index in [1.807, 2.05) is 25.1 Å². The van der Waals surface area contributed by atoms with Crippen molar-refractivity contribution in [3.8, 4) is 0 Å². The zero-order valence-electron chi connectivity index (χ0n) is 16.2. The number of hydrogen-bond acceptors (Lipinski definition) is 3. The van der Waals surface area contributed by atoms with E-state index in [1.54, 1.807) is 6.07 Å². The maximum atomic E-state index is 13.1. The van der Waals surface area contributed by atoms with Crippen LogP contribution in [0.4, 0.5) is 0 Å². The number of carbonyl (C=O) groups is 1. The van der Waals surface area contributed by atoms with Crippen LogP contribution in [0.25, 0.3) is 10.8 Å². The number of aryl methyl sites for hydroxylation is 1. The van der Waals surface area contributed by atoms with Crippen LogP contribution in [0.3, 0.4) is 0 Å². The molecule has 0 saturated heterocycles. The van der Waals surface area contributed by atoms with Gasteiger partial charge in [-0.2, -0.15) is 5.10 Å². The van der Waals surface area contributed by atoms with E-state index in [9.17, 15) is 9.59 Å². The summed E-state index contributed by atoms with van der Waals surface area (Å²) in [6.45, 7) is 9.01. The number of benzene rings is 1. The zero-order chi connectivity index (χ0) is 18.8. The molecular formula is C21H29N3O2. The number of aromatic nitrogens is 2. The number of carbonyl (C=O) groups excluding carboxylic acids is 1. The van der Waals surface area contributed by atoms with E-state index >= 15 is 0 Å². The van der Waals surface area contributed by atoms with E-state index in [4.69, 9.17) is 0 Å². The standard InChI is InChI=1S/C21H29N3O2/c1-5-24-21(26)17-9-7-6-8-16(17)19(23-24)20(25)22-18-12-14(4)10-11-15(18)13(2)3/h6-9,13-15,18H,5,10-12H2,1-4H3,(H,22,25). The summed E-state index contributed by atoms with van der Waals surface area (Å²) >= 11 is 0. The molecular weight excluding hydrogens is 326 g/mol. The Morgan fingerprint density at radius 3 is 2.62 bits per heavy atom. The van der Waals surface area contributed by atoms with Gasteiger partial charge in [0.15, 0.2) is 5.69 Å². The molecule has 1 N–H and O–H groups in total. The van der Waals surface area contributed by atoms with Crippen LogP contribution in [0, 0.1) is 17.8 Å². The van der Waals surface area contributed by atoms with Crippen molar-refractivity contribution in [1.29, 1.82) is 0 Å². The van der Waals surface area contributed by atoms with Crippen LogP contribution < -0.4 is 10.9 Å². The fourth-order valence-corrected chi connectivity index (χ4v) is 4.22. The highest BCUT2D eigenvalue weighted by atomic mass is 16.2. The molecule has 0 radical (unpaired) electrons. The van der Waals surface area contributed by atoms with Crippen LogP contribution in [-0.4, -0.2) is 21.7 Å². The van der Waals surface area contributed by atoms with Crippen LogP contribution in [0.15, 0.2) is 29.1 Å². The molecule has 1 aliphatic carbocycles. The van der Waals surface area contributed by atoms with Gasteiger partial charge in [-0.1, -0.05) is 45.4 Å². The fraction of sp³-hybridized carbons (Fsp3) is 0.571. The van der Waals surface area contributed by atoms with Gasteiger partial charge in [-0.05, 0) is 43.6 Å². The Labute approximate surface area is 154 Å². The molecule has 1 heterocycles. The molecule has 5 nitrogen and oxygen atoms in total. The predicted octanol–water partition coefficient (Wildman–Crippen LogP) is 3.61. The summed E-state index contributed by atoms with van der Waals surface area (Å²) in [5.74, 6) is 1.46. The molecule has 0 bridgehead atoms. The van der Waals surface area contributed by atoms with Gasteiger partial charge in [-0.25, -0.2) is 4.68 Å². The van der Waals surface area contributed by atoms with Gasteiger partial charge in [0.1, 0.15) is 0 Å². The molecule has 1 aromatic carbocycles. The summed E-state index contributed by atoms with van der Waals surface area (Å²) in [4.78, 5) is 25.6. The summed E-state index contributed by atoms with van der Waals surface area (Å²) < 4.78 is 1.38. The minimum absolute atomic E-state index is 0.147. The van der Waals surface area contributed by atoms with Crippen LogP contribution in [0.1, 0.15) is 57.4 Å². The lowest BCUT2D eigenvalue weighted by Gasteiger charge is -2.37. The second-order valence-electron chi connectivity index (χ2n) is 7.92. The smallest absolute Gasteiger partial charge is 0.274 e. The van der Waals surface area contributed by atoms with Gasteiger partial charge >= 0.3 is 0 Å². The maximum Gasteiger partial charge on any atom is 0.274 e. The second-order valence-corrected chi connectivity index (χ2v) is 7.92. The SMILES string of the molecule is CCn1nc(C(=O)NC2CC(C)CCC2C(C)C)c2ccccc2c1=O. The highest BCUT2D eigenvalue weighted by Crippen LogP contribution is 2.33. The van der Waals surface area contributed by atoms with Crippen molar-refractivity contribution in [2.75, 3.05) is 0 Å². The lowest BCUT2D eigenvalue weighted by molar-refractivity contribution is 0.0862. The molecule has 2 aromatic rings.